The lowest BCUT2D eigenvalue weighted by molar-refractivity contribution is -0.384. The number of halogens is 1. The van der Waals surface area contributed by atoms with Gasteiger partial charge in [0.05, 0.1) is 4.92 Å². The van der Waals surface area contributed by atoms with E-state index in [4.69, 9.17) is 0 Å². The number of hydrogen-bond donors (Lipinski definition) is 1. The van der Waals surface area contributed by atoms with E-state index < -0.39 is 4.92 Å². The molecular formula is C12H9IN2O2. The van der Waals surface area contributed by atoms with Gasteiger partial charge in [0.2, 0.25) is 0 Å². The van der Waals surface area contributed by atoms with Crippen LogP contribution in [0.4, 0.5) is 17.1 Å². The van der Waals surface area contributed by atoms with Crippen LogP contribution in [-0.2, 0) is 0 Å². The van der Waals surface area contributed by atoms with Crippen LogP contribution in [0.15, 0.2) is 48.5 Å². The molecule has 0 aliphatic carbocycles. The number of benzene rings is 2. The van der Waals surface area contributed by atoms with E-state index >= 15 is 0 Å². The summed E-state index contributed by atoms with van der Waals surface area (Å²) in [5.74, 6) is 0. The fraction of sp³-hybridized carbons (Fsp3) is 0. The second kappa shape index (κ2) is 5.13. The van der Waals surface area contributed by atoms with Crippen LogP contribution in [0.2, 0.25) is 0 Å². The molecule has 0 unspecified atom stereocenters. The molecule has 0 radical (unpaired) electrons. The molecule has 0 amide bonds. The Labute approximate surface area is 112 Å². The highest BCUT2D eigenvalue weighted by Crippen LogP contribution is 2.20. The second-order valence-electron chi connectivity index (χ2n) is 3.44. The van der Waals surface area contributed by atoms with E-state index in [1.165, 1.54) is 12.1 Å². The maximum absolute atomic E-state index is 10.5. The molecular weight excluding hydrogens is 331 g/mol. The molecule has 86 valence electrons. The zero-order chi connectivity index (χ0) is 12.3. The SMILES string of the molecule is O=[N+]([O-])c1ccc(Nc2ccc(I)cc2)cc1. The molecule has 2 rings (SSSR count). The lowest BCUT2D eigenvalue weighted by Crippen LogP contribution is -1.91. The largest absolute Gasteiger partial charge is 0.356 e. The maximum atomic E-state index is 10.5. The third-order valence-electron chi connectivity index (χ3n) is 2.21. The minimum Gasteiger partial charge on any atom is -0.356 e. The predicted molar refractivity (Wildman–Crippen MR) is 75.5 cm³/mol. The van der Waals surface area contributed by atoms with Crippen molar-refractivity contribution in [1.82, 2.24) is 0 Å². The van der Waals surface area contributed by atoms with Crippen LogP contribution in [0.25, 0.3) is 0 Å². The first-order chi connectivity index (χ1) is 8.15. The smallest absolute Gasteiger partial charge is 0.269 e. The molecule has 0 spiro atoms. The molecule has 0 aliphatic rings. The molecule has 1 N–H and O–H groups in total. The zero-order valence-electron chi connectivity index (χ0n) is 8.76. The molecule has 0 aliphatic heterocycles. The maximum Gasteiger partial charge on any atom is 0.269 e. The molecule has 0 fully saturated rings. The van der Waals surface area contributed by atoms with Gasteiger partial charge in [0.25, 0.3) is 5.69 Å². The Kier molecular flexibility index (Phi) is 3.58. The van der Waals surface area contributed by atoms with Gasteiger partial charge in [0.15, 0.2) is 0 Å². The highest BCUT2D eigenvalue weighted by Gasteiger charge is 2.03. The number of nitrogens with one attached hydrogen (secondary N) is 1. The van der Waals surface area contributed by atoms with Crippen molar-refractivity contribution in [3.05, 3.63) is 62.2 Å². The zero-order valence-corrected chi connectivity index (χ0v) is 10.9. The van der Waals surface area contributed by atoms with E-state index in [0.717, 1.165) is 14.9 Å². The molecule has 5 heteroatoms. The van der Waals surface area contributed by atoms with Crippen LogP contribution in [0, 0.1) is 13.7 Å². The standard InChI is InChI=1S/C12H9IN2O2/c13-9-1-3-10(4-2-9)14-11-5-7-12(8-6-11)15(16)17/h1-8,14H. The summed E-state index contributed by atoms with van der Waals surface area (Å²) < 4.78 is 1.16. The van der Waals surface area contributed by atoms with Gasteiger partial charge in [0, 0.05) is 27.1 Å². The predicted octanol–water partition coefficient (Wildman–Crippen LogP) is 3.94. The van der Waals surface area contributed by atoms with Crippen molar-refractivity contribution in [1.29, 1.82) is 0 Å². The first-order valence-corrected chi connectivity index (χ1v) is 6.00. The van der Waals surface area contributed by atoms with Gasteiger partial charge in [-0.2, -0.15) is 0 Å². The minimum atomic E-state index is -0.408. The van der Waals surface area contributed by atoms with Crippen LogP contribution in [0.3, 0.4) is 0 Å². The Morgan fingerprint density at radius 2 is 1.41 bits per heavy atom. The monoisotopic (exact) mass is 340 g/mol. The third kappa shape index (κ3) is 3.16. The number of nitrogens with zero attached hydrogens (tertiary/aromatic N) is 1. The Morgan fingerprint density at radius 3 is 1.88 bits per heavy atom. The first kappa shape index (κ1) is 11.8. The molecule has 0 saturated carbocycles. The summed E-state index contributed by atoms with van der Waals surface area (Å²) in [6.07, 6.45) is 0. The van der Waals surface area contributed by atoms with Gasteiger partial charge in [0.1, 0.15) is 0 Å². The van der Waals surface area contributed by atoms with Gasteiger partial charge in [-0.25, -0.2) is 0 Å². The van der Waals surface area contributed by atoms with Gasteiger partial charge in [-0.1, -0.05) is 0 Å². The van der Waals surface area contributed by atoms with E-state index in [1.807, 2.05) is 24.3 Å². The van der Waals surface area contributed by atoms with Crippen molar-refractivity contribution in [2.24, 2.45) is 0 Å². The lowest BCUT2D eigenvalue weighted by Gasteiger charge is -2.05. The number of non-ortho nitro benzene ring substituents is 1. The van der Waals surface area contributed by atoms with E-state index in [9.17, 15) is 10.1 Å². The number of nitro groups is 1. The molecule has 0 atom stereocenters. The van der Waals surface area contributed by atoms with Crippen molar-refractivity contribution in [2.75, 3.05) is 5.32 Å². The third-order valence-corrected chi connectivity index (χ3v) is 2.93. The summed E-state index contributed by atoms with van der Waals surface area (Å²) in [6.45, 7) is 0. The van der Waals surface area contributed by atoms with Crippen LogP contribution >= 0.6 is 22.6 Å². The Bertz CT molecular complexity index is 523. The van der Waals surface area contributed by atoms with Crippen LogP contribution in [-0.4, -0.2) is 4.92 Å². The van der Waals surface area contributed by atoms with Gasteiger partial charge in [-0.05, 0) is 59.0 Å². The molecule has 0 bridgehead atoms. The Balaban J connectivity index is 2.13. The Hall–Kier alpha value is -1.63. The molecule has 0 heterocycles. The fourth-order valence-electron chi connectivity index (χ4n) is 1.37. The van der Waals surface area contributed by atoms with Crippen LogP contribution < -0.4 is 5.32 Å². The van der Waals surface area contributed by atoms with Crippen molar-refractivity contribution < 1.29 is 4.92 Å². The molecule has 2 aromatic carbocycles. The van der Waals surface area contributed by atoms with Crippen LogP contribution in [0.1, 0.15) is 0 Å². The van der Waals surface area contributed by atoms with E-state index in [1.54, 1.807) is 12.1 Å². The molecule has 17 heavy (non-hydrogen) atoms. The molecule has 4 nitrogen and oxygen atoms in total. The first-order valence-electron chi connectivity index (χ1n) is 4.92. The number of hydrogen-bond acceptors (Lipinski definition) is 3. The quantitative estimate of drug-likeness (QED) is 0.523. The van der Waals surface area contributed by atoms with Crippen molar-refractivity contribution in [3.63, 3.8) is 0 Å². The van der Waals surface area contributed by atoms with E-state index in [-0.39, 0.29) is 5.69 Å². The highest BCUT2D eigenvalue weighted by atomic mass is 127. The second-order valence-corrected chi connectivity index (χ2v) is 4.68. The Morgan fingerprint density at radius 1 is 0.941 bits per heavy atom. The average Bonchev–Trinajstić information content (AvgIpc) is 2.33. The van der Waals surface area contributed by atoms with Gasteiger partial charge in [-0.3, -0.25) is 10.1 Å². The van der Waals surface area contributed by atoms with Gasteiger partial charge in [-0.15, -0.1) is 0 Å². The summed E-state index contributed by atoms with van der Waals surface area (Å²) in [6, 6.07) is 14.3. The summed E-state index contributed by atoms with van der Waals surface area (Å²) in [4.78, 5) is 10.1. The summed E-state index contributed by atoms with van der Waals surface area (Å²) in [5, 5.41) is 13.7. The summed E-state index contributed by atoms with van der Waals surface area (Å²) in [5.41, 5.74) is 1.88. The molecule has 0 saturated heterocycles. The van der Waals surface area contributed by atoms with Crippen molar-refractivity contribution >= 4 is 39.7 Å². The van der Waals surface area contributed by atoms with Crippen LogP contribution in [0.5, 0.6) is 0 Å². The molecule has 2 aromatic rings. The normalized spacial score (nSPS) is 9.94. The van der Waals surface area contributed by atoms with Crippen molar-refractivity contribution in [3.8, 4) is 0 Å². The number of anilines is 2. The lowest BCUT2D eigenvalue weighted by atomic mass is 10.2. The summed E-state index contributed by atoms with van der Waals surface area (Å²) >= 11 is 2.24. The number of nitro benzene ring substituents is 1. The van der Waals surface area contributed by atoms with E-state index in [0.29, 0.717) is 0 Å². The van der Waals surface area contributed by atoms with Crippen molar-refractivity contribution in [2.45, 2.75) is 0 Å². The minimum absolute atomic E-state index is 0.0955. The topological polar surface area (TPSA) is 55.2 Å². The average molecular weight is 340 g/mol. The van der Waals surface area contributed by atoms with Gasteiger partial charge < -0.3 is 5.32 Å². The summed E-state index contributed by atoms with van der Waals surface area (Å²) in [7, 11) is 0. The molecule has 0 aromatic heterocycles. The fourth-order valence-corrected chi connectivity index (χ4v) is 1.73. The van der Waals surface area contributed by atoms with E-state index in [2.05, 4.69) is 27.9 Å². The highest BCUT2D eigenvalue weighted by molar-refractivity contribution is 14.1. The number of rotatable bonds is 3. The van der Waals surface area contributed by atoms with Gasteiger partial charge >= 0.3 is 0 Å².